The topological polar surface area (TPSA) is 63.5 Å². The molecule has 2 heterocycles. The minimum absolute atomic E-state index is 0.108. The van der Waals surface area contributed by atoms with Gasteiger partial charge in [0, 0.05) is 12.1 Å². The summed E-state index contributed by atoms with van der Waals surface area (Å²) in [4.78, 5) is 29.0. The predicted octanol–water partition coefficient (Wildman–Crippen LogP) is 3.03. The maximum Gasteiger partial charge on any atom is 0.281 e. The number of halogens is 1. The number of anilines is 1. The van der Waals surface area contributed by atoms with Crippen LogP contribution >= 0.6 is 11.6 Å². The molecule has 0 atom stereocenters. The van der Waals surface area contributed by atoms with Crippen molar-refractivity contribution in [3.8, 4) is 0 Å². The molecule has 0 aromatic carbocycles. The third kappa shape index (κ3) is 3.08. The van der Waals surface area contributed by atoms with E-state index in [9.17, 15) is 9.59 Å². The number of nitrogens with one attached hydrogen (secondary N) is 1. The Morgan fingerprint density at radius 2 is 2.05 bits per heavy atom. The van der Waals surface area contributed by atoms with Crippen LogP contribution in [0.5, 0.6) is 0 Å². The molecular weight excluding hydrogens is 290 g/mol. The SMILES string of the molecule is CCC(CC)C(=O)Nc1c(C)nc2ccc(Cl)cn2c1=O. The van der Waals surface area contributed by atoms with Gasteiger partial charge in [0.2, 0.25) is 5.91 Å². The molecule has 2 aromatic heterocycles. The fourth-order valence-electron chi connectivity index (χ4n) is 2.25. The molecule has 0 fully saturated rings. The average Bonchev–Trinajstić information content (AvgIpc) is 2.46. The minimum atomic E-state index is -0.320. The van der Waals surface area contributed by atoms with Crippen LogP contribution in [0.1, 0.15) is 32.4 Å². The molecule has 0 spiro atoms. The van der Waals surface area contributed by atoms with Gasteiger partial charge in [0.25, 0.3) is 5.56 Å². The lowest BCUT2D eigenvalue weighted by Crippen LogP contribution is -2.28. The van der Waals surface area contributed by atoms with Gasteiger partial charge in [0.05, 0.1) is 10.7 Å². The molecule has 5 nitrogen and oxygen atoms in total. The number of rotatable bonds is 4. The predicted molar refractivity (Wildman–Crippen MR) is 83.9 cm³/mol. The highest BCUT2D eigenvalue weighted by Crippen LogP contribution is 2.15. The van der Waals surface area contributed by atoms with Crippen LogP contribution < -0.4 is 10.9 Å². The van der Waals surface area contributed by atoms with E-state index in [1.54, 1.807) is 19.1 Å². The largest absolute Gasteiger partial charge is 0.320 e. The molecule has 0 radical (unpaired) electrons. The number of fused-ring (bicyclic) bond motifs is 1. The fourth-order valence-corrected chi connectivity index (χ4v) is 2.41. The number of carbonyl (C=O) groups excluding carboxylic acids is 1. The highest BCUT2D eigenvalue weighted by atomic mass is 35.5. The van der Waals surface area contributed by atoms with Crippen molar-refractivity contribution in [2.45, 2.75) is 33.6 Å². The van der Waals surface area contributed by atoms with Crippen molar-refractivity contribution >= 4 is 28.8 Å². The van der Waals surface area contributed by atoms with Gasteiger partial charge in [-0.3, -0.25) is 14.0 Å². The lowest BCUT2D eigenvalue weighted by Gasteiger charge is -2.14. The normalized spacial score (nSPS) is 11.1. The second-order valence-corrected chi connectivity index (χ2v) is 5.39. The van der Waals surface area contributed by atoms with Crippen LogP contribution in [0.25, 0.3) is 5.65 Å². The third-order valence-corrected chi connectivity index (χ3v) is 3.80. The molecular formula is C15H18ClN3O2. The zero-order valence-electron chi connectivity index (χ0n) is 12.3. The third-order valence-electron chi connectivity index (χ3n) is 3.57. The second kappa shape index (κ2) is 6.26. The van der Waals surface area contributed by atoms with Crippen molar-refractivity contribution in [1.29, 1.82) is 0 Å². The average molecular weight is 308 g/mol. The Morgan fingerprint density at radius 3 is 2.67 bits per heavy atom. The Labute approximate surface area is 128 Å². The highest BCUT2D eigenvalue weighted by molar-refractivity contribution is 6.30. The molecule has 0 unspecified atom stereocenters. The number of hydrogen-bond acceptors (Lipinski definition) is 3. The summed E-state index contributed by atoms with van der Waals surface area (Å²) in [5, 5.41) is 3.15. The van der Waals surface area contributed by atoms with Gasteiger partial charge in [0.1, 0.15) is 11.3 Å². The standard InChI is InChI=1S/C15H18ClN3O2/c1-4-10(5-2)14(20)18-13-9(3)17-12-7-6-11(16)8-19(12)15(13)21/h6-8,10H,4-5H2,1-3H3,(H,18,20). The van der Waals surface area contributed by atoms with E-state index in [1.165, 1.54) is 10.6 Å². The van der Waals surface area contributed by atoms with Crippen molar-refractivity contribution in [3.05, 3.63) is 39.4 Å². The van der Waals surface area contributed by atoms with E-state index >= 15 is 0 Å². The van der Waals surface area contributed by atoms with Crippen molar-refractivity contribution in [2.24, 2.45) is 5.92 Å². The Hall–Kier alpha value is -1.88. The maximum atomic E-state index is 12.5. The van der Waals surface area contributed by atoms with E-state index in [4.69, 9.17) is 11.6 Å². The van der Waals surface area contributed by atoms with Gasteiger partial charge < -0.3 is 5.32 Å². The van der Waals surface area contributed by atoms with Crippen LogP contribution in [0.2, 0.25) is 5.02 Å². The monoisotopic (exact) mass is 307 g/mol. The van der Waals surface area contributed by atoms with Gasteiger partial charge in [0.15, 0.2) is 0 Å². The number of aryl methyl sites for hydroxylation is 1. The zero-order valence-corrected chi connectivity index (χ0v) is 13.1. The molecule has 1 amide bonds. The lowest BCUT2D eigenvalue weighted by molar-refractivity contribution is -0.120. The molecule has 0 aliphatic carbocycles. The number of nitrogens with zero attached hydrogens (tertiary/aromatic N) is 2. The summed E-state index contributed by atoms with van der Waals surface area (Å²) < 4.78 is 1.35. The van der Waals surface area contributed by atoms with Crippen molar-refractivity contribution in [2.75, 3.05) is 5.32 Å². The molecule has 2 aromatic rings. The van der Waals surface area contributed by atoms with Crippen LogP contribution in [-0.2, 0) is 4.79 Å². The van der Waals surface area contributed by atoms with Crippen molar-refractivity contribution in [3.63, 3.8) is 0 Å². The maximum absolute atomic E-state index is 12.5. The number of pyridine rings is 1. The summed E-state index contributed by atoms with van der Waals surface area (Å²) in [7, 11) is 0. The molecule has 0 bridgehead atoms. The molecule has 6 heteroatoms. The molecule has 0 aliphatic heterocycles. The van der Waals surface area contributed by atoms with E-state index in [0.29, 0.717) is 16.4 Å². The molecule has 0 aliphatic rings. The summed E-state index contributed by atoms with van der Waals surface area (Å²) in [6, 6.07) is 3.34. The van der Waals surface area contributed by atoms with E-state index in [1.807, 2.05) is 13.8 Å². The smallest absolute Gasteiger partial charge is 0.281 e. The van der Waals surface area contributed by atoms with Crippen LogP contribution in [0, 0.1) is 12.8 Å². The van der Waals surface area contributed by atoms with Gasteiger partial charge in [-0.1, -0.05) is 25.4 Å². The molecule has 2 rings (SSSR count). The molecule has 21 heavy (non-hydrogen) atoms. The second-order valence-electron chi connectivity index (χ2n) is 4.96. The summed E-state index contributed by atoms with van der Waals surface area (Å²) in [5.41, 5.74) is 0.898. The minimum Gasteiger partial charge on any atom is -0.320 e. The molecule has 1 N–H and O–H groups in total. The summed E-state index contributed by atoms with van der Waals surface area (Å²) in [5.74, 6) is -0.257. The van der Waals surface area contributed by atoms with E-state index in [2.05, 4.69) is 10.3 Å². The first kappa shape index (κ1) is 15.5. The Morgan fingerprint density at radius 1 is 1.38 bits per heavy atom. The Balaban J connectivity index is 2.49. The number of aromatic nitrogens is 2. The summed E-state index contributed by atoms with van der Waals surface area (Å²) in [6.07, 6.45) is 2.96. The summed E-state index contributed by atoms with van der Waals surface area (Å²) in [6.45, 7) is 5.61. The van der Waals surface area contributed by atoms with Gasteiger partial charge in [-0.2, -0.15) is 0 Å². The lowest BCUT2D eigenvalue weighted by atomic mass is 10.0. The molecule has 0 saturated heterocycles. The zero-order chi connectivity index (χ0) is 15.6. The van der Waals surface area contributed by atoms with Gasteiger partial charge in [-0.05, 0) is 31.9 Å². The fraction of sp³-hybridized carbons (Fsp3) is 0.400. The van der Waals surface area contributed by atoms with E-state index in [0.717, 1.165) is 12.8 Å². The number of amides is 1. The van der Waals surface area contributed by atoms with Gasteiger partial charge in [-0.25, -0.2) is 4.98 Å². The quantitative estimate of drug-likeness (QED) is 0.944. The van der Waals surface area contributed by atoms with Crippen LogP contribution in [0.4, 0.5) is 5.69 Å². The first-order valence-electron chi connectivity index (χ1n) is 6.97. The van der Waals surface area contributed by atoms with E-state index in [-0.39, 0.29) is 23.1 Å². The van der Waals surface area contributed by atoms with Gasteiger partial charge in [-0.15, -0.1) is 0 Å². The first-order valence-corrected chi connectivity index (χ1v) is 7.35. The van der Waals surface area contributed by atoms with Crippen LogP contribution in [0.15, 0.2) is 23.1 Å². The van der Waals surface area contributed by atoms with Crippen molar-refractivity contribution < 1.29 is 4.79 Å². The molecule has 112 valence electrons. The van der Waals surface area contributed by atoms with Crippen LogP contribution in [0.3, 0.4) is 0 Å². The molecule has 0 saturated carbocycles. The highest BCUT2D eigenvalue weighted by Gasteiger charge is 2.18. The first-order chi connectivity index (χ1) is 9.97. The van der Waals surface area contributed by atoms with Crippen molar-refractivity contribution in [1.82, 2.24) is 9.38 Å². The Kier molecular flexibility index (Phi) is 4.63. The van der Waals surface area contributed by atoms with Gasteiger partial charge >= 0.3 is 0 Å². The van der Waals surface area contributed by atoms with E-state index < -0.39 is 0 Å². The van der Waals surface area contributed by atoms with Crippen LogP contribution in [-0.4, -0.2) is 15.3 Å². The Bertz CT molecular complexity index is 736. The summed E-state index contributed by atoms with van der Waals surface area (Å²) >= 11 is 5.91. The number of hydrogen-bond donors (Lipinski definition) is 1. The number of carbonyl (C=O) groups is 1.